The van der Waals surface area contributed by atoms with Gasteiger partial charge in [0.15, 0.2) is 6.42 Å². The van der Waals surface area contributed by atoms with Crippen molar-refractivity contribution < 1.29 is 9.53 Å². The first-order chi connectivity index (χ1) is 4.81. The molecule has 0 saturated heterocycles. The molecule has 2 heteroatoms. The minimum absolute atomic E-state index is 0.198. The molecular formula is C8H15O2+. The Kier molecular flexibility index (Phi) is 6.03. The molecule has 10 heavy (non-hydrogen) atoms. The standard InChI is InChI=1S/C8H15O2/c1-3-5-6-7-10-8(9)4-2/h2-7H2,1H3/q+1. The van der Waals surface area contributed by atoms with Crippen LogP contribution in [0.4, 0.5) is 0 Å². The number of carbonyl (C=O) groups excluding carboxylic acids is 1. The molecule has 0 rings (SSSR count). The Bertz CT molecular complexity index is 89.3. The lowest BCUT2D eigenvalue weighted by atomic mass is 10.3. The Balaban J connectivity index is 2.96. The van der Waals surface area contributed by atoms with E-state index in [-0.39, 0.29) is 12.4 Å². The van der Waals surface area contributed by atoms with Gasteiger partial charge in [-0.3, -0.25) is 0 Å². The Morgan fingerprint density at radius 3 is 2.70 bits per heavy atom. The molecular weight excluding hydrogens is 128 g/mol. The van der Waals surface area contributed by atoms with Crippen LogP contribution in [-0.4, -0.2) is 12.6 Å². The van der Waals surface area contributed by atoms with Gasteiger partial charge in [-0.1, -0.05) is 19.8 Å². The molecule has 0 bridgehead atoms. The molecule has 0 aliphatic carbocycles. The van der Waals surface area contributed by atoms with Gasteiger partial charge in [0, 0.05) is 0 Å². The SMILES string of the molecule is [CH2+]CC(=O)OCCCCC. The lowest BCUT2D eigenvalue weighted by Crippen LogP contribution is -2.03. The van der Waals surface area contributed by atoms with Crippen molar-refractivity contribution in [3.63, 3.8) is 0 Å². The smallest absolute Gasteiger partial charge is 0.351 e. The van der Waals surface area contributed by atoms with E-state index in [0.29, 0.717) is 6.61 Å². The third-order valence-corrected chi connectivity index (χ3v) is 1.22. The summed E-state index contributed by atoms with van der Waals surface area (Å²) in [5.74, 6) is -0.198. The number of rotatable bonds is 5. The monoisotopic (exact) mass is 143 g/mol. The van der Waals surface area contributed by atoms with Crippen molar-refractivity contribution in [1.82, 2.24) is 0 Å². The van der Waals surface area contributed by atoms with Gasteiger partial charge >= 0.3 is 5.97 Å². The zero-order chi connectivity index (χ0) is 7.82. The van der Waals surface area contributed by atoms with Crippen molar-refractivity contribution in [2.75, 3.05) is 6.61 Å². The predicted octanol–water partition coefficient (Wildman–Crippen LogP) is 1.94. The summed E-state index contributed by atoms with van der Waals surface area (Å²) >= 11 is 0. The predicted molar refractivity (Wildman–Crippen MR) is 40.5 cm³/mol. The zero-order valence-electron chi connectivity index (χ0n) is 6.56. The first kappa shape index (κ1) is 9.34. The maximum atomic E-state index is 10.5. The quantitative estimate of drug-likeness (QED) is 0.334. The lowest BCUT2D eigenvalue weighted by molar-refractivity contribution is -0.142. The van der Waals surface area contributed by atoms with E-state index in [1.807, 2.05) is 0 Å². The van der Waals surface area contributed by atoms with E-state index in [9.17, 15) is 4.79 Å². The molecule has 0 aromatic rings. The van der Waals surface area contributed by atoms with Crippen molar-refractivity contribution in [2.45, 2.75) is 32.6 Å². The fourth-order valence-electron chi connectivity index (χ4n) is 0.610. The van der Waals surface area contributed by atoms with Crippen molar-refractivity contribution >= 4 is 5.97 Å². The molecule has 0 aliphatic heterocycles. The van der Waals surface area contributed by atoms with Gasteiger partial charge in [-0.25, -0.2) is 4.79 Å². The molecule has 0 spiro atoms. The average molecular weight is 143 g/mol. The highest BCUT2D eigenvalue weighted by atomic mass is 16.5. The minimum atomic E-state index is -0.198. The first-order valence-electron chi connectivity index (χ1n) is 3.76. The minimum Gasteiger partial charge on any atom is -0.463 e. The third-order valence-electron chi connectivity index (χ3n) is 1.22. The third kappa shape index (κ3) is 5.48. The molecule has 0 N–H and O–H groups in total. The summed E-state index contributed by atoms with van der Waals surface area (Å²) in [7, 11) is 0. The molecule has 0 fully saturated rings. The number of ether oxygens (including phenoxy) is 1. The van der Waals surface area contributed by atoms with Crippen molar-refractivity contribution in [2.24, 2.45) is 0 Å². The maximum Gasteiger partial charge on any atom is 0.351 e. The molecule has 0 aromatic carbocycles. The van der Waals surface area contributed by atoms with E-state index >= 15 is 0 Å². The number of hydrogen-bond donors (Lipinski definition) is 0. The molecule has 0 atom stereocenters. The number of carbonyl (C=O) groups is 1. The van der Waals surface area contributed by atoms with Crippen molar-refractivity contribution in [3.05, 3.63) is 6.92 Å². The molecule has 0 radical (unpaired) electrons. The van der Waals surface area contributed by atoms with Gasteiger partial charge in [0.1, 0.15) is 0 Å². The van der Waals surface area contributed by atoms with Crippen LogP contribution in [0.2, 0.25) is 0 Å². The highest BCUT2D eigenvalue weighted by molar-refractivity contribution is 5.69. The Labute approximate surface area is 62.6 Å². The number of hydrogen-bond acceptors (Lipinski definition) is 2. The van der Waals surface area contributed by atoms with E-state index in [4.69, 9.17) is 4.74 Å². The summed E-state index contributed by atoms with van der Waals surface area (Å²) in [5, 5.41) is 0. The summed E-state index contributed by atoms with van der Waals surface area (Å²) in [6.45, 7) is 6.08. The van der Waals surface area contributed by atoms with Crippen LogP contribution < -0.4 is 0 Å². The van der Waals surface area contributed by atoms with Gasteiger partial charge in [0.25, 0.3) is 0 Å². The van der Waals surface area contributed by atoms with E-state index in [1.165, 1.54) is 0 Å². The molecule has 0 amide bonds. The van der Waals surface area contributed by atoms with Crippen LogP contribution in [0.15, 0.2) is 0 Å². The van der Waals surface area contributed by atoms with Gasteiger partial charge in [0.2, 0.25) is 0 Å². The van der Waals surface area contributed by atoms with Gasteiger partial charge < -0.3 is 4.74 Å². The summed E-state index contributed by atoms with van der Waals surface area (Å²) in [6, 6.07) is 0. The van der Waals surface area contributed by atoms with E-state index in [1.54, 1.807) is 0 Å². The molecule has 58 valence electrons. The highest BCUT2D eigenvalue weighted by Crippen LogP contribution is 1.94. The van der Waals surface area contributed by atoms with Gasteiger partial charge in [-0.05, 0) is 6.42 Å². The van der Waals surface area contributed by atoms with Gasteiger partial charge in [-0.2, -0.15) is 0 Å². The van der Waals surface area contributed by atoms with Crippen molar-refractivity contribution in [1.29, 1.82) is 0 Å². The average Bonchev–Trinajstić information content (AvgIpc) is 1.98. The second-order valence-electron chi connectivity index (χ2n) is 2.18. The summed E-state index contributed by atoms with van der Waals surface area (Å²) in [5.41, 5.74) is 0. The van der Waals surface area contributed by atoms with Crippen LogP contribution >= 0.6 is 0 Å². The second-order valence-corrected chi connectivity index (χ2v) is 2.18. The molecule has 0 saturated carbocycles. The van der Waals surface area contributed by atoms with Crippen LogP contribution in [-0.2, 0) is 9.53 Å². The lowest BCUT2D eigenvalue weighted by Gasteiger charge is -1.98. The largest absolute Gasteiger partial charge is 0.463 e. The van der Waals surface area contributed by atoms with Crippen LogP contribution in [0.3, 0.4) is 0 Å². The van der Waals surface area contributed by atoms with Crippen LogP contribution in [0.1, 0.15) is 32.6 Å². The fourth-order valence-corrected chi connectivity index (χ4v) is 0.610. The molecule has 2 nitrogen and oxygen atoms in total. The van der Waals surface area contributed by atoms with Crippen molar-refractivity contribution in [3.8, 4) is 0 Å². The topological polar surface area (TPSA) is 26.3 Å². The molecule has 0 aliphatic rings. The summed E-state index contributed by atoms with van der Waals surface area (Å²) < 4.78 is 4.79. The summed E-state index contributed by atoms with van der Waals surface area (Å²) in [6.07, 6.45) is 3.50. The number of unbranched alkanes of at least 4 members (excludes halogenated alkanes) is 2. The molecule has 0 aromatic heterocycles. The molecule has 0 unspecified atom stereocenters. The maximum absolute atomic E-state index is 10.5. The van der Waals surface area contributed by atoms with Gasteiger partial charge in [-0.15, -0.1) is 0 Å². The Hall–Kier alpha value is -0.660. The Morgan fingerprint density at radius 2 is 2.20 bits per heavy atom. The van der Waals surface area contributed by atoms with E-state index in [0.717, 1.165) is 19.3 Å². The number of esters is 1. The first-order valence-corrected chi connectivity index (χ1v) is 3.76. The van der Waals surface area contributed by atoms with E-state index < -0.39 is 0 Å². The van der Waals surface area contributed by atoms with Crippen LogP contribution in [0.25, 0.3) is 0 Å². The normalized spacial score (nSPS) is 9.30. The fraction of sp³-hybridized carbons (Fsp3) is 0.750. The van der Waals surface area contributed by atoms with E-state index in [2.05, 4.69) is 13.8 Å². The van der Waals surface area contributed by atoms with Crippen LogP contribution in [0, 0.1) is 6.92 Å². The van der Waals surface area contributed by atoms with Gasteiger partial charge in [0.05, 0.1) is 13.5 Å². The highest BCUT2D eigenvalue weighted by Gasteiger charge is 2.00. The Morgan fingerprint density at radius 1 is 1.50 bits per heavy atom. The second kappa shape index (κ2) is 6.46. The summed E-state index contributed by atoms with van der Waals surface area (Å²) in [4.78, 5) is 10.5. The zero-order valence-corrected chi connectivity index (χ0v) is 6.56. The molecule has 0 heterocycles. The van der Waals surface area contributed by atoms with Crippen LogP contribution in [0.5, 0.6) is 0 Å².